The number of ether oxygens (including phenoxy) is 1. The van der Waals surface area contributed by atoms with Gasteiger partial charge in [0.1, 0.15) is 0 Å². The fraction of sp³-hybridized carbons (Fsp3) is 0.556. The van der Waals surface area contributed by atoms with Crippen molar-refractivity contribution in [3.8, 4) is 11.3 Å². The van der Waals surface area contributed by atoms with Crippen LogP contribution in [-0.2, 0) is 11.3 Å². The molecule has 3 aromatic rings. The molecule has 2 aromatic heterocycles. The van der Waals surface area contributed by atoms with Crippen molar-refractivity contribution in [3.63, 3.8) is 0 Å². The minimum atomic E-state index is 0.262. The Morgan fingerprint density at radius 2 is 1.97 bits per heavy atom. The van der Waals surface area contributed by atoms with Gasteiger partial charge in [-0.05, 0) is 63.9 Å². The SMILES string of the molecule is CC(C)n1ncc2c(N3CCOCC3)cc(-c3cccc(CN(C)CCCC4CC4)c3)nc21. The molecule has 2 fully saturated rings. The van der Waals surface area contributed by atoms with Crippen molar-refractivity contribution in [1.29, 1.82) is 0 Å². The van der Waals surface area contributed by atoms with Crippen molar-refractivity contribution in [1.82, 2.24) is 19.7 Å². The molecule has 0 unspecified atom stereocenters. The normalized spacial score (nSPS) is 16.9. The van der Waals surface area contributed by atoms with Gasteiger partial charge < -0.3 is 14.5 Å². The molecule has 1 aliphatic heterocycles. The van der Waals surface area contributed by atoms with Gasteiger partial charge in [0.25, 0.3) is 0 Å². The van der Waals surface area contributed by atoms with Crippen LogP contribution in [-0.4, -0.2) is 59.6 Å². The summed E-state index contributed by atoms with van der Waals surface area (Å²) < 4.78 is 7.65. The van der Waals surface area contributed by atoms with Crippen LogP contribution in [0.3, 0.4) is 0 Å². The molecular formula is C27H37N5O. The zero-order valence-corrected chi connectivity index (χ0v) is 20.3. The molecule has 33 heavy (non-hydrogen) atoms. The molecule has 176 valence electrons. The Bertz CT molecular complexity index is 1080. The Hall–Kier alpha value is -2.44. The first-order valence-electron chi connectivity index (χ1n) is 12.6. The number of hydrogen-bond acceptors (Lipinski definition) is 5. The standard InChI is InChI=1S/C27H37N5O/c1-20(2)32-27-24(18-28-32)26(31-12-14-33-15-13-31)17-25(29-27)23-8-4-6-22(16-23)19-30(3)11-5-7-21-9-10-21/h4,6,8,16-18,20-21H,5,7,9-15,19H2,1-3H3. The number of aromatic nitrogens is 3. The first kappa shape index (κ1) is 22.4. The summed E-state index contributed by atoms with van der Waals surface area (Å²) in [5.74, 6) is 1.02. The monoisotopic (exact) mass is 447 g/mol. The quantitative estimate of drug-likeness (QED) is 0.455. The maximum Gasteiger partial charge on any atom is 0.160 e. The first-order chi connectivity index (χ1) is 16.1. The predicted octanol–water partition coefficient (Wildman–Crippen LogP) is 5.14. The summed E-state index contributed by atoms with van der Waals surface area (Å²) in [6.45, 7) is 9.79. The molecule has 1 saturated carbocycles. The van der Waals surface area contributed by atoms with E-state index in [0.717, 1.165) is 55.5 Å². The van der Waals surface area contributed by atoms with Gasteiger partial charge in [-0.3, -0.25) is 0 Å². The second kappa shape index (κ2) is 9.82. The average Bonchev–Trinajstić information content (AvgIpc) is 3.54. The van der Waals surface area contributed by atoms with Crippen LogP contribution in [0.5, 0.6) is 0 Å². The highest BCUT2D eigenvalue weighted by molar-refractivity contribution is 5.92. The molecule has 0 radical (unpaired) electrons. The van der Waals surface area contributed by atoms with Crippen LogP contribution in [0.15, 0.2) is 36.5 Å². The predicted molar refractivity (Wildman–Crippen MR) is 135 cm³/mol. The number of morpholine rings is 1. The summed E-state index contributed by atoms with van der Waals surface area (Å²) in [5, 5.41) is 5.80. The number of pyridine rings is 1. The fourth-order valence-corrected chi connectivity index (χ4v) is 4.87. The highest BCUT2D eigenvalue weighted by atomic mass is 16.5. The number of hydrogen-bond donors (Lipinski definition) is 0. The summed E-state index contributed by atoms with van der Waals surface area (Å²) >= 11 is 0. The maximum absolute atomic E-state index is 5.61. The number of rotatable bonds is 9. The number of nitrogens with zero attached hydrogens (tertiary/aromatic N) is 5. The summed E-state index contributed by atoms with van der Waals surface area (Å²) in [7, 11) is 2.24. The Labute approximate surface area is 197 Å². The third-order valence-corrected chi connectivity index (χ3v) is 6.91. The largest absolute Gasteiger partial charge is 0.378 e. The van der Waals surface area contributed by atoms with Gasteiger partial charge in [-0.1, -0.05) is 31.0 Å². The van der Waals surface area contributed by atoms with E-state index in [2.05, 4.69) is 66.1 Å². The van der Waals surface area contributed by atoms with Gasteiger partial charge >= 0.3 is 0 Å². The Morgan fingerprint density at radius 3 is 2.73 bits per heavy atom. The highest BCUT2D eigenvalue weighted by Crippen LogP contribution is 2.34. The summed E-state index contributed by atoms with van der Waals surface area (Å²) in [4.78, 5) is 9.97. The minimum Gasteiger partial charge on any atom is -0.378 e. The summed E-state index contributed by atoms with van der Waals surface area (Å²) in [6.07, 6.45) is 7.57. The van der Waals surface area contributed by atoms with Crippen molar-refractivity contribution in [2.24, 2.45) is 5.92 Å². The average molecular weight is 448 g/mol. The highest BCUT2D eigenvalue weighted by Gasteiger charge is 2.21. The van der Waals surface area contributed by atoms with E-state index in [-0.39, 0.29) is 6.04 Å². The zero-order chi connectivity index (χ0) is 22.8. The Morgan fingerprint density at radius 1 is 1.15 bits per heavy atom. The van der Waals surface area contributed by atoms with E-state index >= 15 is 0 Å². The lowest BCUT2D eigenvalue weighted by Crippen LogP contribution is -2.36. The van der Waals surface area contributed by atoms with E-state index in [1.165, 1.54) is 49.0 Å². The van der Waals surface area contributed by atoms with E-state index < -0.39 is 0 Å². The number of benzene rings is 1. The van der Waals surface area contributed by atoms with E-state index in [4.69, 9.17) is 9.72 Å². The van der Waals surface area contributed by atoms with Gasteiger partial charge in [0.2, 0.25) is 0 Å². The van der Waals surface area contributed by atoms with Crippen LogP contribution in [0.2, 0.25) is 0 Å². The van der Waals surface area contributed by atoms with Gasteiger partial charge in [0.05, 0.1) is 36.2 Å². The van der Waals surface area contributed by atoms with Gasteiger partial charge in [-0.2, -0.15) is 5.10 Å². The lowest BCUT2D eigenvalue weighted by atomic mass is 10.1. The number of fused-ring (bicyclic) bond motifs is 1. The summed E-state index contributed by atoms with van der Waals surface area (Å²) in [6, 6.07) is 11.4. The second-order valence-electron chi connectivity index (χ2n) is 10.1. The van der Waals surface area contributed by atoms with Crippen molar-refractivity contribution in [2.45, 2.75) is 52.1 Å². The van der Waals surface area contributed by atoms with Crippen molar-refractivity contribution < 1.29 is 4.74 Å². The smallest absolute Gasteiger partial charge is 0.160 e. The van der Waals surface area contributed by atoms with Crippen molar-refractivity contribution >= 4 is 16.7 Å². The molecule has 0 amide bonds. The lowest BCUT2D eigenvalue weighted by molar-refractivity contribution is 0.123. The molecule has 5 rings (SSSR count). The van der Waals surface area contributed by atoms with E-state index in [1.807, 2.05) is 10.9 Å². The van der Waals surface area contributed by atoms with Crippen LogP contribution < -0.4 is 4.90 Å². The molecule has 0 bridgehead atoms. The van der Waals surface area contributed by atoms with Crippen LogP contribution in [0.25, 0.3) is 22.3 Å². The topological polar surface area (TPSA) is 46.4 Å². The first-order valence-corrected chi connectivity index (χ1v) is 12.6. The number of anilines is 1. The van der Waals surface area contributed by atoms with Crippen molar-refractivity contribution in [2.75, 3.05) is 44.8 Å². The molecule has 6 nitrogen and oxygen atoms in total. The van der Waals surface area contributed by atoms with Gasteiger partial charge in [0, 0.05) is 31.2 Å². The molecule has 0 spiro atoms. The van der Waals surface area contributed by atoms with E-state index in [0.29, 0.717) is 0 Å². The lowest BCUT2D eigenvalue weighted by Gasteiger charge is -2.29. The molecule has 3 heterocycles. The minimum absolute atomic E-state index is 0.262. The van der Waals surface area contributed by atoms with Gasteiger partial charge in [0.15, 0.2) is 5.65 Å². The molecule has 2 aliphatic rings. The Kier molecular flexibility index (Phi) is 6.65. The molecule has 1 saturated heterocycles. The molecule has 1 aromatic carbocycles. The third kappa shape index (κ3) is 5.22. The maximum atomic E-state index is 5.61. The van der Waals surface area contributed by atoms with Gasteiger partial charge in [-0.15, -0.1) is 0 Å². The van der Waals surface area contributed by atoms with Gasteiger partial charge in [-0.25, -0.2) is 9.67 Å². The fourth-order valence-electron chi connectivity index (χ4n) is 4.87. The molecule has 1 aliphatic carbocycles. The van der Waals surface area contributed by atoms with E-state index in [1.54, 1.807) is 0 Å². The van der Waals surface area contributed by atoms with Crippen LogP contribution in [0, 0.1) is 5.92 Å². The van der Waals surface area contributed by atoms with Crippen LogP contribution in [0.4, 0.5) is 5.69 Å². The zero-order valence-electron chi connectivity index (χ0n) is 20.3. The van der Waals surface area contributed by atoms with Crippen LogP contribution >= 0.6 is 0 Å². The molecule has 6 heteroatoms. The van der Waals surface area contributed by atoms with E-state index in [9.17, 15) is 0 Å². The van der Waals surface area contributed by atoms with Crippen molar-refractivity contribution in [3.05, 3.63) is 42.1 Å². The molecule has 0 N–H and O–H groups in total. The second-order valence-corrected chi connectivity index (χ2v) is 10.1. The van der Waals surface area contributed by atoms with Crippen LogP contribution in [0.1, 0.15) is 51.1 Å². The Balaban J connectivity index is 1.43. The molecular weight excluding hydrogens is 410 g/mol. The summed E-state index contributed by atoms with van der Waals surface area (Å²) in [5.41, 5.74) is 5.71. The molecule has 0 atom stereocenters. The third-order valence-electron chi connectivity index (χ3n) is 6.91.